The fourth-order valence-electron chi connectivity index (χ4n) is 1.36. The van der Waals surface area contributed by atoms with Crippen LogP contribution in [0, 0.1) is 0 Å². The van der Waals surface area contributed by atoms with Crippen LogP contribution in [0.25, 0.3) is 0 Å². The Labute approximate surface area is 94.9 Å². The van der Waals surface area contributed by atoms with Gasteiger partial charge in [-0.15, -0.1) is 0 Å². The lowest BCUT2D eigenvalue weighted by molar-refractivity contribution is -0.350. The van der Waals surface area contributed by atoms with E-state index in [0.717, 1.165) is 5.56 Å². The molecular weight excluding hydrogens is 216 g/mol. The van der Waals surface area contributed by atoms with Crippen molar-refractivity contribution in [2.24, 2.45) is 0 Å². The molecule has 0 saturated heterocycles. The molecule has 15 heavy (non-hydrogen) atoms. The van der Waals surface area contributed by atoms with Gasteiger partial charge < -0.3 is 14.2 Å². The smallest absolute Gasteiger partial charge is 0.286 e. The summed E-state index contributed by atoms with van der Waals surface area (Å²) in [5.41, 5.74) is 0.994. The highest BCUT2D eigenvalue weighted by molar-refractivity contribution is 6.30. The summed E-state index contributed by atoms with van der Waals surface area (Å²) in [6.45, 7) is 0. The zero-order valence-electron chi connectivity index (χ0n) is 9.12. The standard InChI is InChI=1S/C11H15ClO3/c1-13-11(14-2,15-3)8-9-5-4-6-10(12)7-9/h4-7H,8H2,1-3H3. The third kappa shape index (κ3) is 3.18. The zero-order valence-corrected chi connectivity index (χ0v) is 9.88. The monoisotopic (exact) mass is 230 g/mol. The number of ether oxygens (including phenoxy) is 3. The summed E-state index contributed by atoms with van der Waals surface area (Å²) in [5, 5.41) is 0.685. The Morgan fingerprint density at radius 1 is 1.13 bits per heavy atom. The van der Waals surface area contributed by atoms with Crippen LogP contribution >= 0.6 is 11.6 Å². The summed E-state index contributed by atoms with van der Waals surface area (Å²) in [6.07, 6.45) is 0.483. The molecule has 0 heterocycles. The zero-order chi connectivity index (χ0) is 11.3. The summed E-state index contributed by atoms with van der Waals surface area (Å²) in [5.74, 6) is -1.04. The second-order valence-electron chi connectivity index (χ2n) is 3.10. The molecular formula is C11H15ClO3. The number of benzene rings is 1. The number of rotatable bonds is 5. The molecule has 3 nitrogen and oxygen atoms in total. The average Bonchev–Trinajstić information content (AvgIpc) is 2.26. The Hall–Kier alpha value is -0.610. The fraction of sp³-hybridized carbons (Fsp3) is 0.455. The molecule has 0 spiro atoms. The van der Waals surface area contributed by atoms with Crippen molar-refractivity contribution >= 4 is 11.6 Å². The Morgan fingerprint density at radius 2 is 1.73 bits per heavy atom. The highest BCUT2D eigenvalue weighted by Gasteiger charge is 2.29. The molecule has 0 fully saturated rings. The van der Waals surface area contributed by atoms with Gasteiger partial charge in [-0.05, 0) is 17.7 Å². The average molecular weight is 231 g/mol. The number of hydrogen-bond acceptors (Lipinski definition) is 3. The SMILES string of the molecule is COC(Cc1cccc(Cl)c1)(OC)OC. The van der Waals surface area contributed by atoms with Gasteiger partial charge in [-0.25, -0.2) is 0 Å². The van der Waals surface area contributed by atoms with Crippen LogP contribution in [0.3, 0.4) is 0 Å². The lowest BCUT2D eigenvalue weighted by Gasteiger charge is -2.28. The van der Waals surface area contributed by atoms with Crippen molar-refractivity contribution in [2.75, 3.05) is 21.3 Å². The summed E-state index contributed by atoms with van der Waals surface area (Å²) < 4.78 is 15.6. The summed E-state index contributed by atoms with van der Waals surface area (Å²) in [6, 6.07) is 7.49. The quantitative estimate of drug-likeness (QED) is 0.728. The van der Waals surface area contributed by atoms with Crippen LogP contribution in [0.15, 0.2) is 24.3 Å². The molecule has 0 N–H and O–H groups in total. The molecule has 0 amide bonds. The first-order valence-electron chi connectivity index (χ1n) is 4.55. The first-order chi connectivity index (χ1) is 7.15. The van der Waals surface area contributed by atoms with E-state index in [9.17, 15) is 0 Å². The first kappa shape index (κ1) is 12.5. The fourth-order valence-corrected chi connectivity index (χ4v) is 1.58. The van der Waals surface area contributed by atoms with Crippen LogP contribution in [0.2, 0.25) is 5.02 Å². The third-order valence-electron chi connectivity index (χ3n) is 2.24. The molecule has 1 aromatic rings. The molecule has 0 radical (unpaired) electrons. The molecule has 0 aliphatic heterocycles. The van der Waals surface area contributed by atoms with Gasteiger partial charge in [0.05, 0.1) is 6.42 Å². The number of methoxy groups -OCH3 is 3. The minimum atomic E-state index is -1.04. The maximum atomic E-state index is 5.88. The van der Waals surface area contributed by atoms with E-state index in [2.05, 4.69) is 0 Å². The van der Waals surface area contributed by atoms with Crippen molar-refractivity contribution in [1.82, 2.24) is 0 Å². The van der Waals surface area contributed by atoms with E-state index in [0.29, 0.717) is 11.4 Å². The first-order valence-corrected chi connectivity index (χ1v) is 4.93. The number of halogens is 1. The van der Waals surface area contributed by atoms with E-state index in [4.69, 9.17) is 25.8 Å². The molecule has 84 valence electrons. The molecule has 1 rings (SSSR count). The van der Waals surface area contributed by atoms with Gasteiger partial charge in [-0.1, -0.05) is 23.7 Å². The Balaban J connectivity index is 2.82. The summed E-state index contributed by atoms with van der Waals surface area (Å²) >= 11 is 5.88. The van der Waals surface area contributed by atoms with Crippen LogP contribution < -0.4 is 0 Å². The Kier molecular flexibility index (Phi) is 4.54. The predicted molar refractivity (Wildman–Crippen MR) is 58.9 cm³/mol. The van der Waals surface area contributed by atoms with Gasteiger partial charge >= 0.3 is 0 Å². The van der Waals surface area contributed by atoms with E-state index in [1.165, 1.54) is 21.3 Å². The lowest BCUT2D eigenvalue weighted by Crippen LogP contribution is -2.38. The predicted octanol–water partition coefficient (Wildman–Crippen LogP) is 2.48. The van der Waals surface area contributed by atoms with E-state index < -0.39 is 5.97 Å². The Bertz CT molecular complexity index is 302. The number of hydrogen-bond donors (Lipinski definition) is 0. The minimum absolute atomic E-state index is 0.483. The van der Waals surface area contributed by atoms with Crippen molar-refractivity contribution in [3.05, 3.63) is 34.9 Å². The molecule has 0 saturated carbocycles. The van der Waals surface area contributed by atoms with Crippen LogP contribution in [0.4, 0.5) is 0 Å². The van der Waals surface area contributed by atoms with Crippen molar-refractivity contribution < 1.29 is 14.2 Å². The third-order valence-corrected chi connectivity index (χ3v) is 2.48. The van der Waals surface area contributed by atoms with Crippen molar-refractivity contribution in [3.8, 4) is 0 Å². The summed E-state index contributed by atoms with van der Waals surface area (Å²) in [4.78, 5) is 0. The normalized spacial score (nSPS) is 11.7. The highest BCUT2D eigenvalue weighted by atomic mass is 35.5. The Morgan fingerprint density at radius 3 is 2.20 bits per heavy atom. The van der Waals surface area contributed by atoms with Gasteiger partial charge in [0.15, 0.2) is 0 Å². The van der Waals surface area contributed by atoms with E-state index in [1.54, 1.807) is 0 Å². The van der Waals surface area contributed by atoms with Crippen molar-refractivity contribution in [1.29, 1.82) is 0 Å². The molecule has 0 bridgehead atoms. The van der Waals surface area contributed by atoms with E-state index in [-0.39, 0.29) is 0 Å². The van der Waals surface area contributed by atoms with Gasteiger partial charge in [0.2, 0.25) is 0 Å². The van der Waals surface area contributed by atoms with Gasteiger partial charge in [-0.2, -0.15) is 0 Å². The summed E-state index contributed by atoms with van der Waals surface area (Å²) in [7, 11) is 4.62. The molecule has 0 unspecified atom stereocenters. The minimum Gasteiger partial charge on any atom is -0.331 e. The molecule has 0 aliphatic rings. The molecule has 4 heteroatoms. The van der Waals surface area contributed by atoms with Crippen LogP contribution in [-0.2, 0) is 20.6 Å². The molecule has 1 aromatic carbocycles. The van der Waals surface area contributed by atoms with Crippen LogP contribution in [0.1, 0.15) is 5.56 Å². The van der Waals surface area contributed by atoms with Gasteiger partial charge in [0.1, 0.15) is 0 Å². The maximum absolute atomic E-state index is 5.88. The highest BCUT2D eigenvalue weighted by Crippen LogP contribution is 2.21. The van der Waals surface area contributed by atoms with Crippen molar-refractivity contribution in [2.45, 2.75) is 12.4 Å². The largest absolute Gasteiger partial charge is 0.331 e. The maximum Gasteiger partial charge on any atom is 0.286 e. The second-order valence-corrected chi connectivity index (χ2v) is 3.54. The molecule has 0 aliphatic carbocycles. The van der Waals surface area contributed by atoms with Crippen LogP contribution in [0.5, 0.6) is 0 Å². The topological polar surface area (TPSA) is 27.7 Å². The second kappa shape index (κ2) is 5.47. The van der Waals surface area contributed by atoms with E-state index in [1.807, 2.05) is 24.3 Å². The van der Waals surface area contributed by atoms with E-state index >= 15 is 0 Å². The lowest BCUT2D eigenvalue weighted by atomic mass is 10.1. The van der Waals surface area contributed by atoms with Gasteiger partial charge in [-0.3, -0.25) is 0 Å². The molecule has 0 atom stereocenters. The van der Waals surface area contributed by atoms with Crippen molar-refractivity contribution in [3.63, 3.8) is 0 Å². The molecule has 0 aromatic heterocycles. The van der Waals surface area contributed by atoms with Gasteiger partial charge in [0, 0.05) is 26.4 Å². The van der Waals surface area contributed by atoms with Crippen LogP contribution in [-0.4, -0.2) is 27.3 Å². The van der Waals surface area contributed by atoms with Gasteiger partial charge in [0.25, 0.3) is 5.97 Å².